The van der Waals surface area contributed by atoms with Gasteiger partial charge >= 0.3 is 6.09 Å². The zero-order chi connectivity index (χ0) is 26.0. The van der Waals surface area contributed by atoms with Crippen LogP contribution in [0.25, 0.3) is 10.9 Å². The van der Waals surface area contributed by atoms with E-state index in [9.17, 15) is 9.59 Å². The topological polar surface area (TPSA) is 86.5 Å². The van der Waals surface area contributed by atoms with Gasteiger partial charge in [0.25, 0.3) is 0 Å². The van der Waals surface area contributed by atoms with Gasteiger partial charge in [0, 0.05) is 62.3 Å². The van der Waals surface area contributed by atoms with Crippen LogP contribution in [0.1, 0.15) is 35.4 Å². The van der Waals surface area contributed by atoms with E-state index in [-0.39, 0.29) is 18.4 Å². The van der Waals surface area contributed by atoms with E-state index in [1.807, 2.05) is 62.8 Å². The van der Waals surface area contributed by atoms with Gasteiger partial charge in [-0.15, -0.1) is 0 Å². The van der Waals surface area contributed by atoms with Crippen molar-refractivity contribution in [3.8, 4) is 0 Å². The van der Waals surface area contributed by atoms with Crippen LogP contribution < -0.4 is 15.5 Å². The number of nitrogens with one attached hydrogen (secondary N) is 3. The molecule has 0 aliphatic carbocycles. The SMILES string of the molecule is CN(C)c1ccc(C(CNC(=O)CCCNC(=O)OCc2ccccc2)c2c[nH]c3ccccc23)cc1. The van der Waals surface area contributed by atoms with Crippen LogP contribution in [0.3, 0.4) is 0 Å². The molecule has 0 aliphatic rings. The maximum absolute atomic E-state index is 12.6. The number of carbonyl (C=O) groups excluding carboxylic acids is 2. The molecule has 37 heavy (non-hydrogen) atoms. The highest BCUT2D eigenvalue weighted by atomic mass is 16.5. The molecule has 0 radical (unpaired) electrons. The maximum atomic E-state index is 12.6. The molecule has 7 heteroatoms. The van der Waals surface area contributed by atoms with E-state index in [0.29, 0.717) is 25.9 Å². The highest BCUT2D eigenvalue weighted by molar-refractivity contribution is 5.84. The molecule has 2 amide bonds. The van der Waals surface area contributed by atoms with Crippen molar-refractivity contribution in [2.75, 3.05) is 32.1 Å². The van der Waals surface area contributed by atoms with Gasteiger partial charge in [-0.2, -0.15) is 0 Å². The van der Waals surface area contributed by atoms with Crippen molar-refractivity contribution in [1.29, 1.82) is 0 Å². The molecule has 0 saturated carbocycles. The molecule has 7 nitrogen and oxygen atoms in total. The van der Waals surface area contributed by atoms with Crippen LogP contribution >= 0.6 is 0 Å². The maximum Gasteiger partial charge on any atom is 0.407 e. The Labute approximate surface area is 217 Å². The minimum Gasteiger partial charge on any atom is -0.445 e. The minimum absolute atomic E-state index is 0.00222. The molecule has 0 bridgehead atoms. The first kappa shape index (κ1) is 25.8. The highest BCUT2D eigenvalue weighted by Crippen LogP contribution is 2.31. The number of para-hydroxylation sites is 1. The number of H-pyrrole nitrogens is 1. The molecule has 3 N–H and O–H groups in total. The summed E-state index contributed by atoms with van der Waals surface area (Å²) in [6.45, 7) is 1.07. The van der Waals surface area contributed by atoms with Gasteiger partial charge in [0.2, 0.25) is 5.91 Å². The Morgan fingerprint density at radius 1 is 0.919 bits per heavy atom. The Balaban J connectivity index is 1.30. The molecule has 0 spiro atoms. The fourth-order valence-corrected chi connectivity index (χ4v) is 4.31. The van der Waals surface area contributed by atoms with E-state index >= 15 is 0 Å². The summed E-state index contributed by atoms with van der Waals surface area (Å²) in [7, 11) is 4.04. The van der Waals surface area contributed by atoms with Crippen LogP contribution in [0, 0.1) is 0 Å². The van der Waals surface area contributed by atoms with Crippen LogP contribution in [0.15, 0.2) is 85.1 Å². The number of aromatic amines is 1. The van der Waals surface area contributed by atoms with E-state index in [1.54, 1.807) is 0 Å². The Kier molecular flexibility index (Phi) is 8.81. The smallest absolute Gasteiger partial charge is 0.407 e. The molecule has 0 saturated heterocycles. The van der Waals surface area contributed by atoms with Gasteiger partial charge in [0.15, 0.2) is 0 Å². The van der Waals surface area contributed by atoms with Gasteiger partial charge in [-0.05, 0) is 41.3 Å². The average molecular weight is 499 g/mol. The average Bonchev–Trinajstić information content (AvgIpc) is 3.35. The van der Waals surface area contributed by atoms with Crippen molar-refractivity contribution >= 4 is 28.6 Å². The molecule has 1 atom stereocenters. The molecule has 0 aliphatic heterocycles. The summed E-state index contributed by atoms with van der Waals surface area (Å²) in [6.07, 6.45) is 2.40. The number of rotatable bonds is 11. The minimum atomic E-state index is -0.482. The summed E-state index contributed by atoms with van der Waals surface area (Å²) < 4.78 is 5.21. The Morgan fingerprint density at radius 3 is 2.41 bits per heavy atom. The second-order valence-electron chi connectivity index (χ2n) is 9.22. The summed E-state index contributed by atoms with van der Waals surface area (Å²) in [5.74, 6) is -0.0448. The van der Waals surface area contributed by atoms with Gasteiger partial charge in [0.05, 0.1) is 0 Å². The first-order valence-electron chi connectivity index (χ1n) is 12.6. The normalized spacial score (nSPS) is 11.6. The molecule has 3 aromatic carbocycles. The van der Waals surface area contributed by atoms with Crippen LogP contribution in [0.2, 0.25) is 0 Å². The lowest BCUT2D eigenvalue weighted by Gasteiger charge is -2.20. The highest BCUT2D eigenvalue weighted by Gasteiger charge is 2.19. The predicted molar refractivity (Wildman–Crippen MR) is 148 cm³/mol. The Bertz CT molecular complexity index is 1300. The molecule has 192 valence electrons. The number of anilines is 1. The molecular weight excluding hydrogens is 464 g/mol. The lowest BCUT2D eigenvalue weighted by molar-refractivity contribution is -0.121. The van der Waals surface area contributed by atoms with Gasteiger partial charge < -0.3 is 25.3 Å². The third kappa shape index (κ3) is 7.13. The molecule has 1 heterocycles. The van der Waals surface area contributed by atoms with Gasteiger partial charge in [-0.25, -0.2) is 4.79 Å². The number of amides is 2. The van der Waals surface area contributed by atoms with Crippen LogP contribution in [-0.2, 0) is 16.1 Å². The second-order valence-corrected chi connectivity index (χ2v) is 9.22. The standard InChI is InChI=1S/C30H34N4O3/c1-34(2)24-16-14-23(15-17-24)26(27-20-32-28-12-7-6-11-25(27)28)19-33-29(35)13-8-18-31-30(36)37-21-22-9-4-3-5-10-22/h3-7,9-12,14-17,20,26,32H,8,13,18-19,21H2,1-2H3,(H,31,36)(H,33,35). The number of fused-ring (bicyclic) bond motifs is 1. The fraction of sp³-hybridized carbons (Fsp3) is 0.267. The number of hydrogen-bond donors (Lipinski definition) is 3. The third-order valence-corrected chi connectivity index (χ3v) is 6.37. The lowest BCUT2D eigenvalue weighted by Crippen LogP contribution is -2.30. The van der Waals surface area contributed by atoms with E-state index in [4.69, 9.17) is 4.74 Å². The molecule has 4 aromatic rings. The summed E-state index contributed by atoms with van der Waals surface area (Å²) in [6, 6.07) is 26.2. The molecule has 4 rings (SSSR count). The summed E-state index contributed by atoms with van der Waals surface area (Å²) in [5.41, 5.74) is 5.41. The largest absolute Gasteiger partial charge is 0.445 e. The van der Waals surface area contributed by atoms with Crippen molar-refractivity contribution in [1.82, 2.24) is 15.6 Å². The lowest BCUT2D eigenvalue weighted by atomic mass is 9.90. The van der Waals surface area contributed by atoms with Gasteiger partial charge in [-0.1, -0.05) is 60.7 Å². The summed E-state index contributed by atoms with van der Waals surface area (Å²) in [5, 5.41) is 6.96. The number of alkyl carbamates (subject to hydrolysis) is 1. The first-order chi connectivity index (χ1) is 18.0. The van der Waals surface area contributed by atoms with Crippen molar-refractivity contribution in [3.63, 3.8) is 0 Å². The number of benzene rings is 3. The van der Waals surface area contributed by atoms with E-state index in [1.165, 1.54) is 0 Å². The van der Waals surface area contributed by atoms with E-state index in [2.05, 4.69) is 56.9 Å². The van der Waals surface area contributed by atoms with Crippen molar-refractivity contribution in [2.45, 2.75) is 25.4 Å². The van der Waals surface area contributed by atoms with Crippen LogP contribution in [0.5, 0.6) is 0 Å². The monoisotopic (exact) mass is 498 g/mol. The molecule has 1 unspecified atom stereocenters. The molecular formula is C30H34N4O3. The Morgan fingerprint density at radius 2 is 1.65 bits per heavy atom. The molecule has 0 fully saturated rings. The van der Waals surface area contributed by atoms with Crippen molar-refractivity contribution < 1.29 is 14.3 Å². The van der Waals surface area contributed by atoms with E-state index in [0.717, 1.165) is 33.3 Å². The fourth-order valence-electron chi connectivity index (χ4n) is 4.31. The third-order valence-electron chi connectivity index (χ3n) is 6.37. The summed E-state index contributed by atoms with van der Waals surface area (Å²) >= 11 is 0. The number of carbonyl (C=O) groups is 2. The number of aromatic nitrogens is 1. The van der Waals surface area contributed by atoms with Crippen molar-refractivity contribution in [3.05, 3.63) is 102 Å². The first-order valence-corrected chi connectivity index (χ1v) is 12.6. The molecule has 1 aromatic heterocycles. The zero-order valence-electron chi connectivity index (χ0n) is 21.4. The van der Waals surface area contributed by atoms with Crippen LogP contribution in [0.4, 0.5) is 10.5 Å². The van der Waals surface area contributed by atoms with Gasteiger partial charge in [-0.3, -0.25) is 4.79 Å². The Hall–Kier alpha value is -4.26. The predicted octanol–water partition coefficient (Wildman–Crippen LogP) is 5.19. The van der Waals surface area contributed by atoms with Gasteiger partial charge in [0.1, 0.15) is 6.61 Å². The van der Waals surface area contributed by atoms with Crippen LogP contribution in [-0.4, -0.2) is 44.2 Å². The van der Waals surface area contributed by atoms with E-state index < -0.39 is 6.09 Å². The second kappa shape index (κ2) is 12.6. The van der Waals surface area contributed by atoms with Crippen molar-refractivity contribution in [2.24, 2.45) is 0 Å². The quantitative estimate of drug-likeness (QED) is 0.249. The number of ether oxygens (including phenoxy) is 1. The summed E-state index contributed by atoms with van der Waals surface area (Å²) in [4.78, 5) is 30.0. The number of hydrogen-bond acceptors (Lipinski definition) is 4. The zero-order valence-corrected chi connectivity index (χ0v) is 21.4. The number of nitrogens with zero attached hydrogens (tertiary/aromatic N) is 1.